The minimum Gasteiger partial charge on any atom is -0.255 e. The molecule has 0 aliphatic rings. The largest absolute Gasteiger partial charge is 0.255 e. The quantitative estimate of drug-likeness (QED) is 0.569. The number of nitrogens with zero attached hydrogens (tertiary/aromatic N) is 2. The molecule has 0 amide bonds. The van der Waals surface area contributed by atoms with Crippen LogP contribution in [0.15, 0.2) is 24.4 Å². The van der Waals surface area contributed by atoms with E-state index >= 15 is 0 Å². The van der Waals surface area contributed by atoms with E-state index in [2.05, 4.69) is 44.8 Å². The van der Waals surface area contributed by atoms with E-state index in [0.29, 0.717) is 0 Å². The Morgan fingerprint density at radius 2 is 1.33 bits per heavy atom. The van der Waals surface area contributed by atoms with Crippen LogP contribution in [0.4, 0.5) is 0 Å². The first kappa shape index (κ1) is 18.6. The zero-order valence-corrected chi connectivity index (χ0v) is 15.9. The molecule has 2 aromatic heterocycles. The molecule has 2 nitrogen and oxygen atoms in total. The monoisotopic (exact) mass is 324 g/mol. The van der Waals surface area contributed by atoms with Crippen molar-refractivity contribution in [3.8, 4) is 11.4 Å². The number of pyridine rings is 2. The van der Waals surface area contributed by atoms with E-state index < -0.39 is 0 Å². The highest BCUT2D eigenvalue weighted by atomic mass is 14.8. The van der Waals surface area contributed by atoms with Crippen LogP contribution in [-0.2, 0) is 25.7 Å². The Morgan fingerprint density at radius 3 is 1.92 bits per heavy atom. The second-order valence-electron chi connectivity index (χ2n) is 6.56. The van der Waals surface area contributed by atoms with Crippen molar-refractivity contribution < 1.29 is 0 Å². The molecule has 0 saturated heterocycles. The topological polar surface area (TPSA) is 25.8 Å². The van der Waals surface area contributed by atoms with Crippen LogP contribution in [0.5, 0.6) is 0 Å². The molecule has 2 heterocycles. The van der Waals surface area contributed by atoms with Gasteiger partial charge < -0.3 is 0 Å². The Morgan fingerprint density at radius 1 is 0.708 bits per heavy atom. The summed E-state index contributed by atoms with van der Waals surface area (Å²) in [5.41, 5.74) is 8.01. The van der Waals surface area contributed by atoms with Gasteiger partial charge in [-0.25, -0.2) is 0 Å². The lowest BCUT2D eigenvalue weighted by Crippen LogP contribution is -2.11. The van der Waals surface area contributed by atoms with E-state index in [-0.39, 0.29) is 0 Å². The van der Waals surface area contributed by atoms with Crippen LogP contribution in [0.1, 0.15) is 75.8 Å². The molecule has 2 heteroatoms. The standard InChI is InChI=1S/C22H32N2/c1-5-11-17-18(12-6-2)20(14-8-4)24-22(19(17)13-7-3)21-15-9-10-16-23-21/h9-10,15-16H,5-8,11-14H2,1-4H3. The van der Waals surface area contributed by atoms with E-state index in [1.54, 1.807) is 5.56 Å². The maximum Gasteiger partial charge on any atom is 0.0924 e. The third kappa shape index (κ3) is 4.23. The van der Waals surface area contributed by atoms with Gasteiger partial charge in [0.2, 0.25) is 0 Å². The van der Waals surface area contributed by atoms with Crippen molar-refractivity contribution in [1.29, 1.82) is 0 Å². The fourth-order valence-corrected chi connectivity index (χ4v) is 3.54. The zero-order valence-electron chi connectivity index (χ0n) is 15.9. The van der Waals surface area contributed by atoms with Crippen LogP contribution in [0.3, 0.4) is 0 Å². The van der Waals surface area contributed by atoms with Gasteiger partial charge in [-0.2, -0.15) is 0 Å². The second-order valence-corrected chi connectivity index (χ2v) is 6.56. The highest BCUT2D eigenvalue weighted by molar-refractivity contribution is 5.63. The molecule has 0 aliphatic heterocycles. The van der Waals surface area contributed by atoms with Crippen molar-refractivity contribution in [2.24, 2.45) is 0 Å². The summed E-state index contributed by atoms with van der Waals surface area (Å²) in [6.07, 6.45) is 11.0. The maximum atomic E-state index is 5.15. The smallest absolute Gasteiger partial charge is 0.0924 e. The van der Waals surface area contributed by atoms with Gasteiger partial charge in [0, 0.05) is 11.9 Å². The van der Waals surface area contributed by atoms with Crippen molar-refractivity contribution >= 4 is 0 Å². The fourth-order valence-electron chi connectivity index (χ4n) is 3.54. The van der Waals surface area contributed by atoms with Gasteiger partial charge in [-0.3, -0.25) is 9.97 Å². The van der Waals surface area contributed by atoms with Gasteiger partial charge in [0.25, 0.3) is 0 Å². The summed E-state index contributed by atoms with van der Waals surface area (Å²) >= 11 is 0. The number of hydrogen-bond donors (Lipinski definition) is 0. The first-order valence-electron chi connectivity index (χ1n) is 9.71. The van der Waals surface area contributed by atoms with Gasteiger partial charge in [-0.15, -0.1) is 0 Å². The van der Waals surface area contributed by atoms with Crippen LogP contribution >= 0.6 is 0 Å². The SMILES string of the molecule is CCCc1nc(-c2ccccn2)c(CCC)c(CCC)c1CCC. The number of rotatable bonds is 9. The van der Waals surface area contributed by atoms with Crippen LogP contribution in [-0.4, -0.2) is 9.97 Å². The molecule has 0 spiro atoms. The van der Waals surface area contributed by atoms with Crippen molar-refractivity contribution in [3.63, 3.8) is 0 Å². The van der Waals surface area contributed by atoms with Gasteiger partial charge in [0.05, 0.1) is 11.4 Å². The highest BCUT2D eigenvalue weighted by Gasteiger charge is 2.19. The van der Waals surface area contributed by atoms with E-state index in [4.69, 9.17) is 4.98 Å². The van der Waals surface area contributed by atoms with Crippen molar-refractivity contribution in [2.45, 2.75) is 79.1 Å². The molecule has 24 heavy (non-hydrogen) atoms. The molecule has 0 radical (unpaired) electrons. The summed E-state index contributed by atoms with van der Waals surface area (Å²) in [5.74, 6) is 0. The zero-order chi connectivity index (χ0) is 17.4. The molecule has 2 aromatic rings. The third-order valence-electron chi connectivity index (χ3n) is 4.50. The Hall–Kier alpha value is -1.70. The minimum absolute atomic E-state index is 1.03. The van der Waals surface area contributed by atoms with E-state index in [1.165, 1.54) is 29.7 Å². The normalized spacial score (nSPS) is 11.0. The van der Waals surface area contributed by atoms with E-state index in [1.807, 2.05) is 12.3 Å². The van der Waals surface area contributed by atoms with E-state index in [0.717, 1.165) is 49.9 Å². The van der Waals surface area contributed by atoms with Gasteiger partial charge >= 0.3 is 0 Å². The van der Waals surface area contributed by atoms with Gasteiger partial charge in [-0.05, 0) is 54.5 Å². The van der Waals surface area contributed by atoms with Gasteiger partial charge in [0.15, 0.2) is 0 Å². The molecule has 0 fully saturated rings. The van der Waals surface area contributed by atoms with Crippen LogP contribution in [0, 0.1) is 0 Å². The number of hydrogen-bond acceptors (Lipinski definition) is 2. The Bertz CT molecular complexity index is 632. The summed E-state index contributed by atoms with van der Waals surface area (Å²) < 4.78 is 0. The lowest BCUT2D eigenvalue weighted by Gasteiger charge is -2.21. The van der Waals surface area contributed by atoms with Crippen molar-refractivity contribution in [1.82, 2.24) is 9.97 Å². The molecular formula is C22H32N2. The molecular weight excluding hydrogens is 292 g/mol. The first-order chi connectivity index (χ1) is 11.8. The van der Waals surface area contributed by atoms with Crippen LogP contribution in [0.25, 0.3) is 11.4 Å². The van der Waals surface area contributed by atoms with Crippen LogP contribution < -0.4 is 0 Å². The van der Waals surface area contributed by atoms with Crippen molar-refractivity contribution in [3.05, 3.63) is 46.8 Å². The van der Waals surface area contributed by atoms with Crippen molar-refractivity contribution in [2.75, 3.05) is 0 Å². The molecule has 0 atom stereocenters. The molecule has 0 unspecified atom stereocenters. The summed E-state index contributed by atoms with van der Waals surface area (Å²) in [5, 5.41) is 0. The Kier molecular flexibility index (Phi) is 7.42. The number of aryl methyl sites for hydroxylation is 1. The molecule has 0 aliphatic carbocycles. The summed E-state index contributed by atoms with van der Waals surface area (Å²) in [7, 11) is 0. The highest BCUT2D eigenvalue weighted by Crippen LogP contribution is 2.31. The number of aromatic nitrogens is 2. The predicted octanol–water partition coefficient (Wildman–Crippen LogP) is 5.95. The summed E-state index contributed by atoms with van der Waals surface area (Å²) in [6, 6.07) is 6.15. The van der Waals surface area contributed by atoms with Crippen LogP contribution in [0.2, 0.25) is 0 Å². The minimum atomic E-state index is 1.03. The molecule has 0 N–H and O–H groups in total. The Balaban J connectivity index is 2.72. The molecule has 0 saturated carbocycles. The van der Waals surface area contributed by atoms with Gasteiger partial charge in [0.1, 0.15) is 0 Å². The second kappa shape index (κ2) is 9.56. The van der Waals surface area contributed by atoms with E-state index in [9.17, 15) is 0 Å². The Labute approximate surface area is 147 Å². The predicted molar refractivity (Wildman–Crippen MR) is 103 cm³/mol. The average molecular weight is 325 g/mol. The molecule has 2 rings (SSSR count). The lowest BCUT2D eigenvalue weighted by molar-refractivity contribution is 0.777. The third-order valence-corrected chi connectivity index (χ3v) is 4.50. The summed E-state index contributed by atoms with van der Waals surface area (Å²) in [4.78, 5) is 9.76. The fraction of sp³-hybridized carbons (Fsp3) is 0.545. The lowest BCUT2D eigenvalue weighted by atomic mass is 9.88. The van der Waals surface area contributed by atoms with Gasteiger partial charge in [-0.1, -0.05) is 59.4 Å². The molecule has 0 bridgehead atoms. The molecule has 130 valence electrons. The first-order valence-corrected chi connectivity index (χ1v) is 9.71. The molecule has 0 aromatic carbocycles. The summed E-state index contributed by atoms with van der Waals surface area (Å²) in [6.45, 7) is 9.07. The average Bonchev–Trinajstić information content (AvgIpc) is 2.60. The maximum absolute atomic E-state index is 5.15.